The van der Waals surface area contributed by atoms with E-state index in [4.69, 9.17) is 0 Å². The van der Waals surface area contributed by atoms with Gasteiger partial charge in [-0.15, -0.1) is 0 Å². The molecule has 0 saturated heterocycles. The molecule has 0 radical (unpaired) electrons. The second-order valence-corrected chi connectivity index (χ2v) is 6.58. The molecule has 1 amide bonds. The van der Waals surface area contributed by atoms with Crippen LogP contribution in [0.5, 0.6) is 0 Å². The van der Waals surface area contributed by atoms with Crippen molar-refractivity contribution < 1.29 is 18.0 Å². The number of anilines is 1. The first-order valence-corrected chi connectivity index (χ1v) is 8.81. The summed E-state index contributed by atoms with van der Waals surface area (Å²) in [4.78, 5) is 24.8. The van der Waals surface area contributed by atoms with Gasteiger partial charge in [-0.3, -0.25) is 9.59 Å². The van der Waals surface area contributed by atoms with E-state index in [0.717, 1.165) is 27.9 Å². The molecule has 29 heavy (non-hydrogen) atoms. The minimum absolute atomic E-state index is 0.375. The van der Waals surface area contributed by atoms with Crippen molar-refractivity contribution in [3.05, 3.63) is 82.1 Å². The molecule has 0 spiro atoms. The van der Waals surface area contributed by atoms with Crippen LogP contribution in [-0.2, 0) is 11.0 Å². The fourth-order valence-electron chi connectivity index (χ4n) is 2.77. The molecule has 0 saturated carbocycles. The van der Waals surface area contributed by atoms with Crippen molar-refractivity contribution in [2.45, 2.75) is 26.1 Å². The maximum atomic E-state index is 13.1. The van der Waals surface area contributed by atoms with E-state index < -0.39 is 29.2 Å². The summed E-state index contributed by atoms with van der Waals surface area (Å²) in [6.45, 7) is 3.34. The first kappa shape index (κ1) is 20.3. The Balaban J connectivity index is 1.90. The first-order valence-electron chi connectivity index (χ1n) is 8.81. The minimum Gasteiger partial charge on any atom is -0.324 e. The highest BCUT2D eigenvalue weighted by molar-refractivity contribution is 5.94. The number of hydrogen-bond acceptors (Lipinski definition) is 3. The van der Waals surface area contributed by atoms with Gasteiger partial charge in [0.15, 0.2) is 0 Å². The van der Waals surface area contributed by atoms with Gasteiger partial charge in [-0.2, -0.15) is 18.3 Å². The van der Waals surface area contributed by atoms with E-state index in [-0.39, 0.29) is 5.69 Å². The molecule has 0 aliphatic carbocycles. The summed E-state index contributed by atoms with van der Waals surface area (Å²) in [5.74, 6) is -0.780. The lowest BCUT2D eigenvalue weighted by molar-refractivity contribution is -0.137. The number of carbonyl (C=O) groups excluding carboxylic acids is 1. The number of carbonyl (C=O) groups is 1. The monoisotopic (exact) mass is 401 g/mol. The van der Waals surface area contributed by atoms with Crippen LogP contribution in [0.3, 0.4) is 0 Å². The normalized spacial score (nSPS) is 12.4. The Bertz CT molecular complexity index is 1090. The summed E-state index contributed by atoms with van der Waals surface area (Å²) in [6.07, 6.45) is -4.62. The van der Waals surface area contributed by atoms with Gasteiger partial charge in [-0.1, -0.05) is 42.0 Å². The summed E-state index contributed by atoms with van der Waals surface area (Å²) in [5.41, 5.74) is 0.402. The molecule has 1 heterocycles. The molecule has 1 unspecified atom stereocenters. The molecule has 0 aliphatic rings. The highest BCUT2D eigenvalue weighted by atomic mass is 19.4. The lowest BCUT2D eigenvalue weighted by Gasteiger charge is -2.17. The number of aryl methyl sites for hydroxylation is 1. The molecule has 0 aliphatic heterocycles. The van der Waals surface area contributed by atoms with Crippen LogP contribution < -0.4 is 10.9 Å². The van der Waals surface area contributed by atoms with Crippen LogP contribution in [-0.4, -0.2) is 15.7 Å². The summed E-state index contributed by atoms with van der Waals surface area (Å²) < 4.78 is 40.4. The van der Waals surface area contributed by atoms with E-state index in [1.807, 2.05) is 31.2 Å². The predicted molar refractivity (Wildman–Crippen MR) is 103 cm³/mol. The van der Waals surface area contributed by atoms with Crippen molar-refractivity contribution >= 4 is 11.6 Å². The molecule has 0 fully saturated rings. The zero-order valence-corrected chi connectivity index (χ0v) is 15.7. The van der Waals surface area contributed by atoms with Crippen LogP contribution in [0.4, 0.5) is 18.9 Å². The maximum absolute atomic E-state index is 13.1. The van der Waals surface area contributed by atoms with E-state index in [9.17, 15) is 22.8 Å². The number of halogens is 3. The molecule has 3 aromatic rings. The van der Waals surface area contributed by atoms with Crippen LogP contribution in [0, 0.1) is 6.92 Å². The Morgan fingerprint density at radius 2 is 1.69 bits per heavy atom. The van der Waals surface area contributed by atoms with Crippen LogP contribution in [0.15, 0.2) is 65.5 Å². The van der Waals surface area contributed by atoms with Gasteiger partial charge >= 0.3 is 6.18 Å². The Morgan fingerprint density at radius 1 is 1.03 bits per heavy atom. The molecule has 8 heteroatoms. The number of alkyl halides is 3. The largest absolute Gasteiger partial charge is 0.418 e. The second-order valence-electron chi connectivity index (χ2n) is 6.58. The maximum Gasteiger partial charge on any atom is 0.418 e. The number of nitrogens with zero attached hydrogens (tertiary/aromatic N) is 2. The van der Waals surface area contributed by atoms with Crippen molar-refractivity contribution in [3.63, 3.8) is 0 Å². The van der Waals surface area contributed by atoms with Crippen molar-refractivity contribution in [2.75, 3.05) is 5.32 Å². The number of aromatic nitrogens is 2. The van der Waals surface area contributed by atoms with Crippen molar-refractivity contribution in [3.8, 4) is 11.3 Å². The van der Waals surface area contributed by atoms with E-state index in [2.05, 4.69) is 10.4 Å². The number of amides is 1. The molecular weight excluding hydrogens is 383 g/mol. The molecule has 1 N–H and O–H groups in total. The average molecular weight is 401 g/mol. The first-order chi connectivity index (χ1) is 13.7. The van der Waals surface area contributed by atoms with Gasteiger partial charge in [-0.25, -0.2) is 4.68 Å². The second kappa shape index (κ2) is 7.90. The fourth-order valence-corrected chi connectivity index (χ4v) is 2.77. The van der Waals surface area contributed by atoms with Gasteiger partial charge in [0, 0.05) is 11.6 Å². The number of para-hydroxylation sites is 1. The summed E-state index contributed by atoms with van der Waals surface area (Å²) >= 11 is 0. The number of benzene rings is 2. The van der Waals surface area contributed by atoms with Crippen LogP contribution in [0.2, 0.25) is 0 Å². The van der Waals surface area contributed by atoms with Gasteiger partial charge < -0.3 is 5.32 Å². The molecule has 0 bridgehead atoms. The van der Waals surface area contributed by atoms with Gasteiger partial charge in [0.2, 0.25) is 5.91 Å². The number of hydrogen-bond donors (Lipinski definition) is 1. The average Bonchev–Trinajstić information content (AvgIpc) is 2.68. The minimum atomic E-state index is -4.62. The Kier molecular flexibility index (Phi) is 5.54. The molecule has 2 aromatic carbocycles. The van der Waals surface area contributed by atoms with E-state index >= 15 is 0 Å². The zero-order valence-electron chi connectivity index (χ0n) is 15.7. The SMILES string of the molecule is Cc1ccc(-c2ccc(=O)n(C(C)C(=O)Nc3ccccc3C(F)(F)F)n2)cc1. The van der Waals surface area contributed by atoms with Gasteiger partial charge in [0.1, 0.15) is 6.04 Å². The fraction of sp³-hybridized carbons (Fsp3) is 0.190. The van der Waals surface area contributed by atoms with Gasteiger partial charge in [-0.05, 0) is 32.0 Å². The third kappa shape index (κ3) is 4.53. The Hall–Kier alpha value is -3.42. The zero-order chi connectivity index (χ0) is 21.2. The standard InChI is InChI=1S/C21H18F3N3O2/c1-13-7-9-15(10-8-13)17-11-12-19(28)27(26-17)14(2)20(29)25-18-6-4-3-5-16(18)21(22,23)24/h3-12,14H,1-2H3,(H,25,29). The van der Waals surface area contributed by atoms with E-state index in [1.165, 1.54) is 31.2 Å². The molecule has 1 aromatic heterocycles. The summed E-state index contributed by atoms with van der Waals surface area (Å²) in [6, 6.07) is 13.8. The van der Waals surface area contributed by atoms with Crippen LogP contribution in [0.1, 0.15) is 24.1 Å². The lowest BCUT2D eigenvalue weighted by atomic mass is 10.1. The Morgan fingerprint density at radius 3 is 2.34 bits per heavy atom. The van der Waals surface area contributed by atoms with Crippen molar-refractivity contribution in [1.29, 1.82) is 0 Å². The molecular formula is C21H18F3N3O2. The molecule has 3 rings (SSSR count). The summed E-state index contributed by atoms with van der Waals surface area (Å²) in [5, 5.41) is 6.48. The molecule has 150 valence electrons. The lowest BCUT2D eigenvalue weighted by Crippen LogP contribution is -2.33. The number of nitrogens with one attached hydrogen (secondary N) is 1. The quantitative estimate of drug-likeness (QED) is 0.703. The smallest absolute Gasteiger partial charge is 0.324 e. The molecule has 5 nitrogen and oxygen atoms in total. The van der Waals surface area contributed by atoms with Gasteiger partial charge in [0.25, 0.3) is 5.56 Å². The third-order valence-corrected chi connectivity index (χ3v) is 4.41. The molecule has 1 atom stereocenters. The highest BCUT2D eigenvalue weighted by Crippen LogP contribution is 2.34. The number of rotatable bonds is 4. The summed E-state index contributed by atoms with van der Waals surface area (Å²) in [7, 11) is 0. The van der Waals surface area contributed by atoms with Crippen LogP contribution >= 0.6 is 0 Å². The Labute approximate surface area is 164 Å². The highest BCUT2D eigenvalue weighted by Gasteiger charge is 2.34. The topological polar surface area (TPSA) is 64.0 Å². The van der Waals surface area contributed by atoms with Crippen molar-refractivity contribution in [1.82, 2.24) is 9.78 Å². The van der Waals surface area contributed by atoms with Crippen LogP contribution in [0.25, 0.3) is 11.3 Å². The third-order valence-electron chi connectivity index (χ3n) is 4.41. The van der Waals surface area contributed by atoms with Gasteiger partial charge in [0.05, 0.1) is 16.9 Å². The van der Waals surface area contributed by atoms with E-state index in [0.29, 0.717) is 5.69 Å². The van der Waals surface area contributed by atoms with E-state index in [1.54, 1.807) is 0 Å². The predicted octanol–water partition coefficient (Wildman–Crippen LogP) is 4.44. The van der Waals surface area contributed by atoms with Crippen molar-refractivity contribution in [2.24, 2.45) is 0 Å².